The van der Waals surface area contributed by atoms with Gasteiger partial charge in [-0.05, 0) is 32.3 Å². The number of pyridine rings is 1. The Morgan fingerprint density at radius 1 is 1.52 bits per heavy atom. The SMILES string of the molecule is CCOC(=O)c1ccnc(NC2CCN(C3CC3)C2)c1N. The Bertz CT molecular complexity index is 530. The number of nitrogen functional groups attached to an aromatic ring is 1. The van der Waals surface area contributed by atoms with Crippen molar-refractivity contribution in [3.05, 3.63) is 17.8 Å². The predicted octanol–water partition coefficient (Wildman–Crippen LogP) is 1.49. The van der Waals surface area contributed by atoms with Gasteiger partial charge in [0, 0.05) is 31.4 Å². The van der Waals surface area contributed by atoms with Crippen molar-refractivity contribution in [2.75, 3.05) is 30.7 Å². The van der Waals surface area contributed by atoms with Crippen molar-refractivity contribution >= 4 is 17.5 Å². The molecule has 2 aliphatic rings. The molecule has 1 saturated heterocycles. The molecule has 0 radical (unpaired) electrons. The molecule has 0 bridgehead atoms. The summed E-state index contributed by atoms with van der Waals surface area (Å²) in [5.41, 5.74) is 6.82. The molecule has 0 spiro atoms. The molecule has 3 rings (SSSR count). The van der Waals surface area contributed by atoms with Crippen molar-refractivity contribution in [1.82, 2.24) is 9.88 Å². The van der Waals surface area contributed by atoms with Crippen molar-refractivity contribution in [1.29, 1.82) is 0 Å². The lowest BCUT2D eigenvalue weighted by atomic mass is 10.2. The van der Waals surface area contributed by atoms with Crippen LogP contribution in [-0.2, 0) is 4.74 Å². The van der Waals surface area contributed by atoms with Crippen LogP contribution in [0.25, 0.3) is 0 Å². The van der Waals surface area contributed by atoms with E-state index in [9.17, 15) is 4.79 Å². The number of anilines is 2. The average molecular weight is 290 g/mol. The van der Waals surface area contributed by atoms with Crippen molar-refractivity contribution in [2.24, 2.45) is 0 Å². The number of hydrogen-bond acceptors (Lipinski definition) is 6. The third-order valence-corrected chi connectivity index (χ3v) is 4.11. The Morgan fingerprint density at radius 2 is 2.33 bits per heavy atom. The van der Waals surface area contributed by atoms with E-state index in [0.29, 0.717) is 29.7 Å². The molecule has 0 amide bonds. The molecule has 1 aliphatic heterocycles. The second kappa shape index (κ2) is 5.89. The first-order valence-electron chi connectivity index (χ1n) is 7.61. The molecule has 21 heavy (non-hydrogen) atoms. The van der Waals surface area contributed by atoms with Crippen LogP contribution in [-0.4, -0.2) is 47.6 Å². The maximum absolute atomic E-state index is 11.8. The highest BCUT2D eigenvalue weighted by Crippen LogP contribution is 2.31. The summed E-state index contributed by atoms with van der Waals surface area (Å²) in [5.74, 6) is 0.190. The maximum atomic E-state index is 11.8. The molecule has 1 aliphatic carbocycles. The second-order valence-electron chi connectivity index (χ2n) is 5.70. The monoisotopic (exact) mass is 290 g/mol. The fraction of sp³-hybridized carbons (Fsp3) is 0.600. The standard InChI is InChI=1S/C15H22N4O2/c1-2-21-15(20)12-5-7-17-14(13(12)16)18-10-6-8-19(9-10)11-3-4-11/h5,7,10-11H,2-4,6,8-9,16H2,1H3,(H,17,18). The van der Waals surface area contributed by atoms with Crippen LogP contribution in [0.5, 0.6) is 0 Å². The minimum absolute atomic E-state index is 0.336. The summed E-state index contributed by atoms with van der Waals surface area (Å²) in [6.45, 7) is 4.26. The van der Waals surface area contributed by atoms with Crippen LogP contribution in [0.4, 0.5) is 11.5 Å². The van der Waals surface area contributed by atoms with Crippen molar-refractivity contribution in [3.8, 4) is 0 Å². The van der Waals surface area contributed by atoms with Crippen LogP contribution in [0.2, 0.25) is 0 Å². The third-order valence-electron chi connectivity index (χ3n) is 4.11. The number of esters is 1. The zero-order valence-electron chi connectivity index (χ0n) is 12.3. The molecule has 1 unspecified atom stereocenters. The van der Waals surface area contributed by atoms with E-state index in [1.165, 1.54) is 12.8 Å². The van der Waals surface area contributed by atoms with Crippen molar-refractivity contribution in [3.63, 3.8) is 0 Å². The quantitative estimate of drug-likeness (QED) is 0.800. The topological polar surface area (TPSA) is 80.5 Å². The number of aromatic nitrogens is 1. The highest BCUT2D eigenvalue weighted by molar-refractivity contribution is 5.97. The fourth-order valence-electron chi connectivity index (χ4n) is 2.84. The summed E-state index contributed by atoms with van der Waals surface area (Å²) < 4.78 is 5.01. The Hall–Kier alpha value is -1.82. The molecule has 6 heteroatoms. The summed E-state index contributed by atoms with van der Waals surface area (Å²) in [7, 11) is 0. The van der Waals surface area contributed by atoms with Gasteiger partial charge in [0.1, 0.15) is 5.82 Å². The summed E-state index contributed by atoms with van der Waals surface area (Å²) in [5, 5.41) is 3.37. The van der Waals surface area contributed by atoms with Crippen LogP contribution in [0.15, 0.2) is 12.3 Å². The largest absolute Gasteiger partial charge is 0.462 e. The van der Waals surface area contributed by atoms with Gasteiger partial charge < -0.3 is 15.8 Å². The fourth-order valence-corrected chi connectivity index (χ4v) is 2.84. The Kier molecular flexibility index (Phi) is 3.96. The van der Waals surface area contributed by atoms with E-state index in [1.807, 2.05) is 0 Å². The second-order valence-corrected chi connectivity index (χ2v) is 5.70. The first-order valence-corrected chi connectivity index (χ1v) is 7.61. The Labute approximate surface area is 124 Å². The van der Waals surface area contributed by atoms with Crippen LogP contribution < -0.4 is 11.1 Å². The molecule has 0 aromatic carbocycles. The van der Waals surface area contributed by atoms with Crippen LogP contribution in [0.3, 0.4) is 0 Å². The number of hydrogen-bond donors (Lipinski definition) is 2. The molecule has 2 fully saturated rings. The maximum Gasteiger partial charge on any atom is 0.340 e. The van der Waals surface area contributed by atoms with E-state index in [4.69, 9.17) is 10.5 Å². The van der Waals surface area contributed by atoms with Gasteiger partial charge in [-0.3, -0.25) is 4.90 Å². The highest BCUT2D eigenvalue weighted by Gasteiger charge is 2.34. The summed E-state index contributed by atoms with van der Waals surface area (Å²) in [6.07, 6.45) is 5.33. The highest BCUT2D eigenvalue weighted by atomic mass is 16.5. The van der Waals surface area contributed by atoms with E-state index in [2.05, 4.69) is 15.2 Å². The first-order chi connectivity index (χ1) is 10.2. The average Bonchev–Trinajstić information content (AvgIpc) is 3.22. The van der Waals surface area contributed by atoms with E-state index in [1.54, 1.807) is 19.2 Å². The smallest absolute Gasteiger partial charge is 0.340 e. The van der Waals surface area contributed by atoms with Crippen molar-refractivity contribution < 1.29 is 9.53 Å². The lowest BCUT2D eigenvalue weighted by molar-refractivity contribution is 0.0527. The zero-order valence-corrected chi connectivity index (χ0v) is 12.3. The van der Waals surface area contributed by atoms with E-state index in [-0.39, 0.29) is 0 Å². The number of nitrogens with two attached hydrogens (primary N) is 1. The van der Waals surface area contributed by atoms with Gasteiger partial charge in [0.25, 0.3) is 0 Å². The number of ether oxygens (including phenoxy) is 1. The minimum Gasteiger partial charge on any atom is -0.462 e. The van der Waals surface area contributed by atoms with Crippen LogP contribution >= 0.6 is 0 Å². The zero-order chi connectivity index (χ0) is 14.8. The van der Waals surface area contributed by atoms with Gasteiger partial charge in [-0.15, -0.1) is 0 Å². The lowest BCUT2D eigenvalue weighted by Gasteiger charge is -2.17. The van der Waals surface area contributed by atoms with Gasteiger partial charge >= 0.3 is 5.97 Å². The summed E-state index contributed by atoms with van der Waals surface area (Å²) in [4.78, 5) is 18.6. The molecule has 2 heterocycles. The number of nitrogens with one attached hydrogen (secondary N) is 1. The van der Waals surface area contributed by atoms with E-state index < -0.39 is 5.97 Å². The molecule has 1 saturated carbocycles. The van der Waals surface area contributed by atoms with Gasteiger partial charge in [0.2, 0.25) is 0 Å². The van der Waals surface area contributed by atoms with Crippen molar-refractivity contribution in [2.45, 2.75) is 38.3 Å². The Balaban J connectivity index is 1.68. The molecule has 1 atom stereocenters. The summed E-state index contributed by atoms with van der Waals surface area (Å²) >= 11 is 0. The molecule has 114 valence electrons. The van der Waals surface area contributed by atoms with Gasteiger partial charge in [0.05, 0.1) is 17.9 Å². The molecule has 6 nitrogen and oxygen atoms in total. The van der Waals surface area contributed by atoms with Gasteiger partial charge in [-0.1, -0.05) is 0 Å². The van der Waals surface area contributed by atoms with Gasteiger partial charge in [0.15, 0.2) is 0 Å². The first kappa shape index (κ1) is 14.1. The molecule has 1 aromatic heterocycles. The number of carbonyl (C=O) groups is 1. The number of rotatable bonds is 5. The summed E-state index contributed by atoms with van der Waals surface area (Å²) in [6, 6.07) is 2.73. The molecule has 3 N–H and O–H groups in total. The minimum atomic E-state index is -0.397. The normalized spacial score (nSPS) is 22.2. The van der Waals surface area contributed by atoms with E-state index >= 15 is 0 Å². The molecular weight excluding hydrogens is 268 g/mol. The lowest BCUT2D eigenvalue weighted by Crippen LogP contribution is -2.28. The number of nitrogens with zero attached hydrogens (tertiary/aromatic N) is 2. The van der Waals surface area contributed by atoms with E-state index in [0.717, 1.165) is 25.6 Å². The van der Waals surface area contributed by atoms with Crippen LogP contribution in [0, 0.1) is 0 Å². The predicted molar refractivity (Wildman–Crippen MR) is 81.2 cm³/mol. The van der Waals surface area contributed by atoms with Gasteiger partial charge in [-0.25, -0.2) is 9.78 Å². The third kappa shape index (κ3) is 3.10. The molecule has 1 aromatic rings. The van der Waals surface area contributed by atoms with Crippen LogP contribution in [0.1, 0.15) is 36.5 Å². The molecular formula is C15H22N4O2. The number of likely N-dealkylation sites (tertiary alicyclic amines) is 1. The van der Waals surface area contributed by atoms with Gasteiger partial charge in [-0.2, -0.15) is 0 Å². The Morgan fingerprint density at radius 3 is 3.05 bits per heavy atom. The number of carbonyl (C=O) groups excluding carboxylic acids is 1.